The third kappa shape index (κ3) is 5.09. The number of furan rings is 1. The van der Waals surface area contributed by atoms with Crippen molar-refractivity contribution in [3.8, 4) is 0 Å². The second-order valence-corrected chi connectivity index (χ2v) is 5.16. The Labute approximate surface area is 129 Å². The van der Waals surface area contributed by atoms with Crippen molar-refractivity contribution in [1.29, 1.82) is 0 Å². The third-order valence-corrected chi connectivity index (χ3v) is 3.03. The van der Waals surface area contributed by atoms with Crippen LogP contribution in [0.3, 0.4) is 0 Å². The summed E-state index contributed by atoms with van der Waals surface area (Å²) < 4.78 is 10.1. The van der Waals surface area contributed by atoms with E-state index in [2.05, 4.69) is 5.32 Å². The summed E-state index contributed by atoms with van der Waals surface area (Å²) in [5, 5.41) is 2.71. The van der Waals surface area contributed by atoms with Gasteiger partial charge in [-0.25, -0.2) is 0 Å². The molecule has 5 nitrogen and oxygen atoms in total. The van der Waals surface area contributed by atoms with E-state index in [9.17, 15) is 9.59 Å². The van der Waals surface area contributed by atoms with Gasteiger partial charge in [0.1, 0.15) is 5.76 Å². The molecule has 1 amide bonds. The molecule has 0 fully saturated rings. The normalized spacial score (nSPS) is 10.3. The molecule has 0 spiro atoms. The number of anilines is 1. The van der Waals surface area contributed by atoms with E-state index in [1.165, 1.54) is 0 Å². The highest BCUT2D eigenvalue weighted by atomic mass is 16.5. The van der Waals surface area contributed by atoms with E-state index >= 15 is 0 Å². The molecule has 0 aliphatic rings. The Kier molecular flexibility index (Phi) is 5.36. The summed E-state index contributed by atoms with van der Waals surface area (Å²) in [5.41, 5.74) is 2.82. The lowest BCUT2D eigenvalue weighted by Crippen LogP contribution is -2.21. The fraction of sp³-hybridized carbons (Fsp3) is 0.294. The maximum Gasteiger partial charge on any atom is 0.306 e. The summed E-state index contributed by atoms with van der Waals surface area (Å²) in [4.78, 5) is 23.3. The molecule has 0 bridgehead atoms. The molecular weight excluding hydrogens is 282 g/mol. The molecule has 5 heteroatoms. The van der Waals surface area contributed by atoms with Crippen LogP contribution in [-0.4, -0.2) is 18.5 Å². The fourth-order valence-corrected chi connectivity index (χ4v) is 2.14. The Bertz CT molecular complexity index is 626. The zero-order chi connectivity index (χ0) is 15.9. The number of nitrogens with one attached hydrogen (secondary N) is 1. The lowest BCUT2D eigenvalue weighted by atomic mass is 10.1. The highest BCUT2D eigenvalue weighted by Crippen LogP contribution is 2.13. The van der Waals surface area contributed by atoms with Gasteiger partial charge in [-0.1, -0.05) is 6.07 Å². The Hall–Kier alpha value is -2.56. The Morgan fingerprint density at radius 2 is 1.91 bits per heavy atom. The molecule has 0 saturated heterocycles. The van der Waals surface area contributed by atoms with E-state index in [0.717, 1.165) is 16.9 Å². The number of hydrogen-bond acceptors (Lipinski definition) is 4. The monoisotopic (exact) mass is 301 g/mol. The van der Waals surface area contributed by atoms with Gasteiger partial charge in [-0.15, -0.1) is 0 Å². The molecule has 1 aromatic carbocycles. The summed E-state index contributed by atoms with van der Waals surface area (Å²) in [6.45, 7) is 3.62. The number of rotatable bonds is 6. The van der Waals surface area contributed by atoms with Gasteiger partial charge >= 0.3 is 5.97 Å². The van der Waals surface area contributed by atoms with Crippen LogP contribution < -0.4 is 5.32 Å². The Morgan fingerprint density at radius 3 is 2.55 bits per heavy atom. The van der Waals surface area contributed by atoms with E-state index in [-0.39, 0.29) is 18.9 Å². The topological polar surface area (TPSA) is 68.5 Å². The standard InChI is InChI=1S/C17H19NO4/c1-12-8-13(2)10-14(9-12)18-16(19)11-22-17(20)6-5-15-4-3-7-21-15/h3-4,7-10H,5-6,11H2,1-2H3,(H,18,19). The van der Waals surface area contributed by atoms with Crippen molar-refractivity contribution >= 4 is 17.6 Å². The maximum absolute atomic E-state index is 11.8. The zero-order valence-corrected chi connectivity index (χ0v) is 12.7. The van der Waals surface area contributed by atoms with Crippen molar-refractivity contribution in [2.45, 2.75) is 26.7 Å². The minimum absolute atomic E-state index is 0.185. The predicted molar refractivity (Wildman–Crippen MR) is 82.5 cm³/mol. The van der Waals surface area contributed by atoms with Gasteiger partial charge in [0, 0.05) is 12.1 Å². The molecule has 0 aliphatic heterocycles. The molecule has 1 N–H and O–H groups in total. The van der Waals surface area contributed by atoms with Crippen molar-refractivity contribution < 1.29 is 18.7 Å². The average molecular weight is 301 g/mol. The number of carbonyl (C=O) groups excluding carboxylic acids is 2. The van der Waals surface area contributed by atoms with Gasteiger partial charge < -0.3 is 14.5 Å². The molecule has 22 heavy (non-hydrogen) atoms. The van der Waals surface area contributed by atoms with Crippen LogP contribution in [0, 0.1) is 13.8 Å². The van der Waals surface area contributed by atoms with E-state index in [1.807, 2.05) is 32.0 Å². The third-order valence-electron chi connectivity index (χ3n) is 3.03. The highest BCUT2D eigenvalue weighted by Gasteiger charge is 2.09. The van der Waals surface area contributed by atoms with Crippen molar-refractivity contribution in [3.05, 3.63) is 53.5 Å². The molecular formula is C17H19NO4. The number of ether oxygens (including phenoxy) is 1. The van der Waals surface area contributed by atoms with Crippen molar-refractivity contribution in [2.75, 3.05) is 11.9 Å². The first-order chi connectivity index (χ1) is 10.5. The molecule has 0 radical (unpaired) electrons. The largest absolute Gasteiger partial charge is 0.469 e. The van der Waals surface area contributed by atoms with Crippen molar-refractivity contribution in [3.63, 3.8) is 0 Å². The van der Waals surface area contributed by atoms with E-state index in [0.29, 0.717) is 12.1 Å². The van der Waals surface area contributed by atoms with E-state index in [4.69, 9.17) is 9.15 Å². The van der Waals surface area contributed by atoms with Crippen LogP contribution in [0.2, 0.25) is 0 Å². The molecule has 1 heterocycles. The van der Waals surface area contributed by atoms with Crippen LogP contribution in [0.5, 0.6) is 0 Å². The minimum Gasteiger partial charge on any atom is -0.469 e. The van der Waals surface area contributed by atoms with Crippen LogP contribution in [0.15, 0.2) is 41.0 Å². The van der Waals surface area contributed by atoms with Crippen LogP contribution >= 0.6 is 0 Å². The van der Waals surface area contributed by atoms with Crippen molar-refractivity contribution in [2.24, 2.45) is 0 Å². The number of carbonyl (C=O) groups is 2. The summed E-state index contributed by atoms with van der Waals surface area (Å²) in [6.07, 6.45) is 2.20. The molecule has 0 saturated carbocycles. The summed E-state index contributed by atoms with van der Waals surface area (Å²) >= 11 is 0. The fourth-order valence-electron chi connectivity index (χ4n) is 2.14. The quantitative estimate of drug-likeness (QED) is 0.833. The SMILES string of the molecule is Cc1cc(C)cc(NC(=O)COC(=O)CCc2ccco2)c1. The van der Waals surface area contributed by atoms with Gasteiger partial charge in [0.2, 0.25) is 0 Å². The molecule has 0 atom stereocenters. The molecule has 116 valence electrons. The van der Waals surface area contributed by atoms with Crippen LogP contribution in [0.1, 0.15) is 23.3 Å². The highest BCUT2D eigenvalue weighted by molar-refractivity contribution is 5.92. The number of benzene rings is 1. The summed E-state index contributed by atoms with van der Waals surface area (Å²) in [7, 11) is 0. The number of hydrogen-bond donors (Lipinski definition) is 1. The zero-order valence-electron chi connectivity index (χ0n) is 12.7. The summed E-state index contributed by atoms with van der Waals surface area (Å²) in [6, 6.07) is 9.30. The van der Waals surface area contributed by atoms with E-state index in [1.54, 1.807) is 18.4 Å². The van der Waals surface area contributed by atoms with Crippen LogP contribution in [0.25, 0.3) is 0 Å². The minimum atomic E-state index is -0.424. The molecule has 2 aromatic rings. The smallest absolute Gasteiger partial charge is 0.306 e. The Morgan fingerprint density at radius 1 is 1.18 bits per heavy atom. The van der Waals surface area contributed by atoms with Gasteiger partial charge in [-0.2, -0.15) is 0 Å². The number of esters is 1. The number of amides is 1. The maximum atomic E-state index is 11.8. The average Bonchev–Trinajstić information content (AvgIpc) is 2.95. The first-order valence-electron chi connectivity index (χ1n) is 7.09. The van der Waals surface area contributed by atoms with Crippen molar-refractivity contribution in [1.82, 2.24) is 0 Å². The first-order valence-corrected chi connectivity index (χ1v) is 7.09. The molecule has 0 aliphatic carbocycles. The number of aryl methyl sites for hydroxylation is 3. The van der Waals surface area contributed by atoms with Gasteiger partial charge in [0.25, 0.3) is 5.91 Å². The first kappa shape index (κ1) is 15.8. The lowest BCUT2D eigenvalue weighted by molar-refractivity contribution is -0.147. The molecule has 1 aromatic heterocycles. The van der Waals surface area contributed by atoms with Crippen LogP contribution in [-0.2, 0) is 20.7 Å². The van der Waals surface area contributed by atoms with Gasteiger partial charge in [0.15, 0.2) is 6.61 Å². The Balaban J connectivity index is 1.73. The molecule has 2 rings (SSSR count). The second kappa shape index (κ2) is 7.45. The van der Waals surface area contributed by atoms with Gasteiger partial charge in [-0.3, -0.25) is 9.59 Å². The van der Waals surface area contributed by atoms with Gasteiger partial charge in [-0.05, 0) is 49.2 Å². The van der Waals surface area contributed by atoms with Gasteiger partial charge in [0.05, 0.1) is 12.7 Å². The second-order valence-electron chi connectivity index (χ2n) is 5.16. The molecule has 0 unspecified atom stereocenters. The predicted octanol–water partition coefficient (Wildman–Crippen LogP) is 3.01. The summed E-state index contributed by atoms with van der Waals surface area (Å²) in [5.74, 6) is -0.0556. The lowest BCUT2D eigenvalue weighted by Gasteiger charge is -2.08. The van der Waals surface area contributed by atoms with Crippen LogP contribution in [0.4, 0.5) is 5.69 Å². The van der Waals surface area contributed by atoms with E-state index < -0.39 is 5.97 Å².